The summed E-state index contributed by atoms with van der Waals surface area (Å²) in [5.74, 6) is 1.22. The van der Waals surface area contributed by atoms with Crippen LogP contribution in [-0.4, -0.2) is 73.0 Å². The summed E-state index contributed by atoms with van der Waals surface area (Å²) < 4.78 is 3.08. The summed E-state index contributed by atoms with van der Waals surface area (Å²) in [7, 11) is 1.91. The Bertz CT molecular complexity index is 855. The molecule has 2 aromatic heterocycles. The van der Waals surface area contributed by atoms with Crippen LogP contribution in [0.15, 0.2) is 29.6 Å². The van der Waals surface area contributed by atoms with Gasteiger partial charge in [-0.05, 0) is 57.2 Å². The summed E-state index contributed by atoms with van der Waals surface area (Å²) in [6, 6.07) is 3.20. The van der Waals surface area contributed by atoms with Crippen molar-refractivity contribution < 1.29 is 4.79 Å². The van der Waals surface area contributed by atoms with Gasteiger partial charge in [0, 0.05) is 26.2 Å². The lowest BCUT2D eigenvalue weighted by molar-refractivity contribution is -0.135. The Balaban J connectivity index is 1.39. The molecule has 0 aromatic carbocycles. The van der Waals surface area contributed by atoms with Crippen LogP contribution in [0, 0.1) is 5.92 Å². The number of carbonyl (C=O) groups is 1. The Hall–Kier alpha value is -2.55. The second-order valence-corrected chi connectivity index (χ2v) is 7.80. The van der Waals surface area contributed by atoms with Crippen molar-refractivity contribution in [3.8, 4) is 5.82 Å². The van der Waals surface area contributed by atoms with Crippen LogP contribution in [-0.2, 0) is 11.3 Å². The average Bonchev–Trinajstić information content (AvgIpc) is 3.19. The van der Waals surface area contributed by atoms with Crippen molar-refractivity contribution in [2.24, 2.45) is 5.92 Å². The SMILES string of the molecule is CN1CCCCC(N2CCC(Cn3nc(-n4cncn4)ccc3=O)CC2)C1=O. The Morgan fingerprint density at radius 1 is 1.07 bits per heavy atom. The van der Waals surface area contributed by atoms with Crippen molar-refractivity contribution in [3.05, 3.63) is 35.1 Å². The fourth-order valence-electron chi connectivity index (χ4n) is 4.22. The predicted octanol–water partition coefficient (Wildman–Crippen LogP) is 0.547. The third-order valence-corrected chi connectivity index (χ3v) is 5.91. The van der Waals surface area contributed by atoms with Gasteiger partial charge in [0.25, 0.3) is 5.56 Å². The number of amides is 1. The molecule has 0 N–H and O–H groups in total. The number of likely N-dealkylation sites (N-methyl/N-ethyl adjacent to an activating group) is 1. The van der Waals surface area contributed by atoms with Gasteiger partial charge in [0.15, 0.2) is 5.82 Å². The first-order valence-electron chi connectivity index (χ1n) is 10.0. The first-order valence-corrected chi connectivity index (χ1v) is 10.0. The third kappa shape index (κ3) is 3.99. The maximum atomic E-state index is 12.6. The van der Waals surface area contributed by atoms with Crippen LogP contribution in [0.1, 0.15) is 32.1 Å². The van der Waals surface area contributed by atoms with Gasteiger partial charge in [-0.15, -0.1) is 5.10 Å². The number of nitrogens with zero attached hydrogens (tertiary/aromatic N) is 7. The third-order valence-electron chi connectivity index (χ3n) is 5.91. The van der Waals surface area contributed by atoms with Gasteiger partial charge in [-0.2, -0.15) is 5.10 Å². The minimum atomic E-state index is -0.105. The molecule has 2 fully saturated rings. The molecule has 0 saturated carbocycles. The minimum absolute atomic E-state index is 0.0185. The van der Waals surface area contributed by atoms with E-state index in [0.717, 1.165) is 51.7 Å². The molecule has 28 heavy (non-hydrogen) atoms. The standard InChI is InChI=1S/C19H27N7O2/c1-23-9-3-2-4-16(19(23)28)24-10-7-15(8-11-24)12-25-18(27)6-5-17(22-25)26-14-20-13-21-26/h5-6,13-16H,2-4,7-12H2,1H3. The molecule has 1 unspecified atom stereocenters. The van der Waals surface area contributed by atoms with Crippen molar-refractivity contribution in [2.75, 3.05) is 26.7 Å². The van der Waals surface area contributed by atoms with Crippen LogP contribution in [0.25, 0.3) is 5.82 Å². The summed E-state index contributed by atoms with van der Waals surface area (Å²) in [4.78, 5) is 33.0. The molecule has 150 valence electrons. The molecule has 9 heteroatoms. The molecule has 2 aliphatic heterocycles. The number of hydrogen-bond acceptors (Lipinski definition) is 6. The summed E-state index contributed by atoms with van der Waals surface area (Å²) in [5, 5.41) is 8.51. The molecule has 0 bridgehead atoms. The molecular weight excluding hydrogens is 358 g/mol. The predicted molar refractivity (Wildman–Crippen MR) is 103 cm³/mol. The Labute approximate surface area is 164 Å². The van der Waals surface area contributed by atoms with Crippen molar-refractivity contribution in [2.45, 2.75) is 44.7 Å². The topological polar surface area (TPSA) is 89.2 Å². The van der Waals surface area contributed by atoms with Gasteiger partial charge >= 0.3 is 0 Å². The van der Waals surface area contributed by atoms with E-state index in [4.69, 9.17) is 0 Å². The van der Waals surface area contributed by atoms with Gasteiger partial charge in [-0.1, -0.05) is 0 Å². The van der Waals surface area contributed by atoms with E-state index < -0.39 is 0 Å². The average molecular weight is 385 g/mol. The quantitative estimate of drug-likeness (QED) is 0.764. The second-order valence-electron chi connectivity index (χ2n) is 7.80. The van der Waals surface area contributed by atoms with Gasteiger partial charge in [0.1, 0.15) is 12.7 Å². The van der Waals surface area contributed by atoms with Crippen LogP contribution in [0.3, 0.4) is 0 Å². The lowest BCUT2D eigenvalue weighted by Crippen LogP contribution is -2.49. The molecule has 9 nitrogen and oxygen atoms in total. The molecule has 1 atom stereocenters. The van der Waals surface area contributed by atoms with Crippen molar-refractivity contribution in [1.29, 1.82) is 0 Å². The van der Waals surface area contributed by atoms with Gasteiger partial charge in [0.2, 0.25) is 5.91 Å². The number of rotatable bonds is 4. The van der Waals surface area contributed by atoms with Crippen molar-refractivity contribution in [3.63, 3.8) is 0 Å². The lowest BCUT2D eigenvalue weighted by atomic mass is 9.94. The highest BCUT2D eigenvalue weighted by molar-refractivity contribution is 5.81. The maximum absolute atomic E-state index is 12.6. The summed E-state index contributed by atoms with van der Waals surface area (Å²) in [5.41, 5.74) is -0.105. The van der Waals surface area contributed by atoms with Gasteiger partial charge in [-0.3, -0.25) is 14.5 Å². The monoisotopic (exact) mass is 385 g/mol. The van der Waals surface area contributed by atoms with Crippen molar-refractivity contribution in [1.82, 2.24) is 34.3 Å². The van der Waals surface area contributed by atoms with Crippen LogP contribution < -0.4 is 5.56 Å². The fourth-order valence-corrected chi connectivity index (χ4v) is 4.22. The van der Waals surface area contributed by atoms with E-state index in [2.05, 4.69) is 20.1 Å². The van der Waals surface area contributed by atoms with Crippen LogP contribution in [0.2, 0.25) is 0 Å². The molecule has 0 spiro atoms. The highest BCUT2D eigenvalue weighted by Crippen LogP contribution is 2.24. The molecular formula is C19H27N7O2. The van der Waals surface area contributed by atoms with Gasteiger partial charge in [0.05, 0.1) is 6.04 Å². The van der Waals surface area contributed by atoms with Gasteiger partial charge < -0.3 is 4.90 Å². The number of likely N-dealkylation sites (tertiary alicyclic amines) is 2. The molecule has 2 saturated heterocycles. The lowest BCUT2D eigenvalue weighted by Gasteiger charge is -2.37. The summed E-state index contributed by atoms with van der Waals surface area (Å²) in [6.07, 6.45) is 8.09. The summed E-state index contributed by atoms with van der Waals surface area (Å²) in [6.45, 7) is 3.25. The molecule has 4 heterocycles. The number of hydrogen-bond donors (Lipinski definition) is 0. The molecule has 1 amide bonds. The molecule has 0 aliphatic carbocycles. The first kappa shape index (κ1) is 18.8. The number of aromatic nitrogens is 5. The Kier molecular flexibility index (Phi) is 5.52. The van der Waals surface area contributed by atoms with E-state index in [-0.39, 0.29) is 17.5 Å². The van der Waals surface area contributed by atoms with Crippen LogP contribution in [0.5, 0.6) is 0 Å². The Morgan fingerprint density at radius 2 is 1.89 bits per heavy atom. The minimum Gasteiger partial charge on any atom is -0.344 e. The smallest absolute Gasteiger partial charge is 0.266 e. The van der Waals surface area contributed by atoms with Crippen molar-refractivity contribution >= 4 is 5.91 Å². The number of piperidine rings is 1. The molecule has 2 aliphatic rings. The highest BCUT2D eigenvalue weighted by atomic mass is 16.2. The molecule has 2 aromatic rings. The Morgan fingerprint density at radius 3 is 2.64 bits per heavy atom. The largest absolute Gasteiger partial charge is 0.344 e. The van der Waals surface area contributed by atoms with E-state index in [1.807, 2.05) is 11.9 Å². The zero-order chi connectivity index (χ0) is 19.5. The highest BCUT2D eigenvalue weighted by Gasteiger charge is 2.32. The van der Waals surface area contributed by atoms with E-state index >= 15 is 0 Å². The zero-order valence-electron chi connectivity index (χ0n) is 16.3. The zero-order valence-corrected chi connectivity index (χ0v) is 16.3. The number of carbonyl (C=O) groups excluding carboxylic acids is 1. The molecule has 4 rings (SSSR count). The maximum Gasteiger partial charge on any atom is 0.266 e. The van der Waals surface area contributed by atoms with E-state index in [9.17, 15) is 9.59 Å². The van der Waals surface area contributed by atoms with Crippen LogP contribution in [0.4, 0.5) is 0 Å². The normalized spacial score (nSPS) is 22.4. The second kappa shape index (κ2) is 8.22. The van der Waals surface area contributed by atoms with Crippen LogP contribution >= 0.6 is 0 Å². The van der Waals surface area contributed by atoms with E-state index in [1.165, 1.54) is 17.1 Å². The fraction of sp³-hybridized carbons (Fsp3) is 0.632. The summed E-state index contributed by atoms with van der Waals surface area (Å²) >= 11 is 0. The van der Waals surface area contributed by atoms with E-state index in [1.54, 1.807) is 17.1 Å². The first-order chi connectivity index (χ1) is 13.6. The van der Waals surface area contributed by atoms with E-state index in [0.29, 0.717) is 18.3 Å². The van der Waals surface area contributed by atoms with Gasteiger partial charge in [-0.25, -0.2) is 14.3 Å². The molecule has 0 radical (unpaired) electrons.